The van der Waals surface area contributed by atoms with Crippen molar-refractivity contribution in [3.05, 3.63) is 89.9 Å². The highest BCUT2D eigenvalue weighted by Gasteiger charge is 2.15. The summed E-state index contributed by atoms with van der Waals surface area (Å²) in [6.45, 7) is 2.19. The summed E-state index contributed by atoms with van der Waals surface area (Å²) in [5.74, 6) is 0.0140. The number of para-hydroxylation sites is 1. The van der Waals surface area contributed by atoms with Gasteiger partial charge in [-0.25, -0.2) is 13.4 Å². The fourth-order valence-electron chi connectivity index (χ4n) is 3.21. The van der Waals surface area contributed by atoms with Crippen LogP contribution in [-0.2, 0) is 16.4 Å². The minimum Gasteiger partial charge on any atom is -0.486 e. The van der Waals surface area contributed by atoms with Crippen LogP contribution in [-0.4, -0.2) is 30.0 Å². The Bertz CT molecular complexity index is 1380. The van der Waals surface area contributed by atoms with Gasteiger partial charge in [-0.05, 0) is 48.9 Å². The number of nitrogens with zero attached hydrogens (tertiary/aromatic N) is 2. The van der Waals surface area contributed by atoms with Gasteiger partial charge in [0.25, 0.3) is 5.91 Å². The van der Waals surface area contributed by atoms with E-state index in [4.69, 9.17) is 4.74 Å². The highest BCUT2D eigenvalue weighted by molar-refractivity contribution is 7.90. The van der Waals surface area contributed by atoms with Crippen molar-refractivity contribution in [2.24, 2.45) is 0 Å². The van der Waals surface area contributed by atoms with Gasteiger partial charge in [0.1, 0.15) is 18.0 Å². The van der Waals surface area contributed by atoms with Crippen LogP contribution in [0.5, 0.6) is 5.75 Å². The third kappa shape index (κ3) is 4.59. The molecule has 158 valence electrons. The average molecular weight is 436 g/mol. The van der Waals surface area contributed by atoms with Crippen molar-refractivity contribution in [2.45, 2.75) is 18.4 Å². The molecule has 0 spiro atoms. The Morgan fingerprint density at radius 2 is 1.90 bits per heavy atom. The largest absolute Gasteiger partial charge is 0.486 e. The van der Waals surface area contributed by atoms with Gasteiger partial charge in [0.15, 0.2) is 9.84 Å². The summed E-state index contributed by atoms with van der Waals surface area (Å²) in [5.41, 5.74) is 3.39. The first-order valence-electron chi connectivity index (χ1n) is 9.58. The molecular formula is C23H21N3O4S. The molecule has 1 N–H and O–H groups in total. The lowest BCUT2D eigenvalue weighted by Gasteiger charge is -2.11. The summed E-state index contributed by atoms with van der Waals surface area (Å²) >= 11 is 0. The number of sulfone groups is 1. The fraction of sp³-hybridized carbons (Fsp3) is 0.130. The van der Waals surface area contributed by atoms with Gasteiger partial charge in [0.2, 0.25) is 0 Å². The maximum Gasteiger partial charge on any atom is 0.259 e. The molecule has 0 atom stereocenters. The van der Waals surface area contributed by atoms with Crippen LogP contribution in [0.2, 0.25) is 0 Å². The number of fused-ring (bicyclic) bond motifs is 1. The van der Waals surface area contributed by atoms with E-state index >= 15 is 0 Å². The number of aromatic nitrogens is 2. The number of carbonyl (C=O) groups is 1. The van der Waals surface area contributed by atoms with E-state index in [1.165, 1.54) is 12.1 Å². The van der Waals surface area contributed by atoms with Crippen LogP contribution < -0.4 is 10.1 Å². The van der Waals surface area contributed by atoms with Crippen molar-refractivity contribution in [3.8, 4) is 5.75 Å². The van der Waals surface area contributed by atoms with Crippen molar-refractivity contribution in [3.63, 3.8) is 0 Å². The lowest BCUT2D eigenvalue weighted by atomic mass is 10.2. The summed E-state index contributed by atoms with van der Waals surface area (Å²) in [4.78, 5) is 17.6. The molecule has 0 aliphatic heterocycles. The summed E-state index contributed by atoms with van der Waals surface area (Å²) in [6, 6.07) is 17.0. The zero-order valence-corrected chi connectivity index (χ0v) is 17.9. The highest BCUT2D eigenvalue weighted by atomic mass is 32.2. The lowest BCUT2D eigenvalue weighted by molar-refractivity contribution is 0.102. The molecule has 0 aliphatic rings. The van der Waals surface area contributed by atoms with Crippen molar-refractivity contribution >= 4 is 27.1 Å². The number of ether oxygens (including phenoxy) is 1. The van der Waals surface area contributed by atoms with Crippen molar-refractivity contribution in [1.82, 2.24) is 9.38 Å². The van der Waals surface area contributed by atoms with E-state index < -0.39 is 15.7 Å². The predicted molar refractivity (Wildman–Crippen MR) is 118 cm³/mol. The molecule has 7 nitrogen and oxygen atoms in total. The minimum atomic E-state index is -3.37. The first-order valence-corrected chi connectivity index (χ1v) is 11.5. The number of amides is 1. The summed E-state index contributed by atoms with van der Waals surface area (Å²) in [6.07, 6.45) is 4.93. The minimum absolute atomic E-state index is 0.136. The van der Waals surface area contributed by atoms with Crippen LogP contribution in [0.3, 0.4) is 0 Å². The zero-order valence-electron chi connectivity index (χ0n) is 17.1. The van der Waals surface area contributed by atoms with Crippen molar-refractivity contribution in [1.29, 1.82) is 0 Å². The number of carbonyl (C=O) groups excluding carboxylic acids is 1. The molecule has 0 saturated heterocycles. The molecule has 2 aromatic heterocycles. The number of pyridine rings is 1. The molecule has 0 fully saturated rings. The third-order valence-electron chi connectivity index (χ3n) is 4.76. The summed E-state index contributed by atoms with van der Waals surface area (Å²) in [5, 5.41) is 2.74. The Morgan fingerprint density at radius 3 is 2.68 bits per heavy atom. The molecule has 31 heavy (non-hydrogen) atoms. The quantitative estimate of drug-likeness (QED) is 0.496. The molecule has 0 radical (unpaired) electrons. The van der Waals surface area contributed by atoms with Gasteiger partial charge < -0.3 is 14.5 Å². The normalized spacial score (nSPS) is 11.4. The van der Waals surface area contributed by atoms with Gasteiger partial charge in [-0.15, -0.1) is 0 Å². The van der Waals surface area contributed by atoms with Crippen LogP contribution in [0.15, 0.2) is 78.0 Å². The molecule has 8 heteroatoms. The van der Waals surface area contributed by atoms with E-state index in [0.29, 0.717) is 17.0 Å². The van der Waals surface area contributed by atoms with Crippen LogP contribution in [0.1, 0.15) is 21.6 Å². The number of hydrogen-bond donors (Lipinski definition) is 1. The van der Waals surface area contributed by atoms with Gasteiger partial charge in [0.05, 0.1) is 16.2 Å². The smallest absolute Gasteiger partial charge is 0.259 e. The van der Waals surface area contributed by atoms with Crippen molar-refractivity contribution < 1.29 is 17.9 Å². The Morgan fingerprint density at radius 1 is 1.10 bits per heavy atom. The van der Waals surface area contributed by atoms with Gasteiger partial charge in [-0.1, -0.05) is 24.3 Å². The topological polar surface area (TPSA) is 89.8 Å². The van der Waals surface area contributed by atoms with Crippen molar-refractivity contribution in [2.75, 3.05) is 11.6 Å². The zero-order chi connectivity index (χ0) is 22.0. The molecule has 0 bridgehead atoms. The number of aryl methyl sites for hydroxylation is 1. The molecule has 4 rings (SSSR count). The maximum atomic E-state index is 12.8. The number of hydrogen-bond acceptors (Lipinski definition) is 5. The maximum absolute atomic E-state index is 12.8. The average Bonchev–Trinajstić information content (AvgIpc) is 3.17. The second kappa shape index (κ2) is 8.23. The van der Waals surface area contributed by atoms with Crippen LogP contribution >= 0.6 is 0 Å². The van der Waals surface area contributed by atoms with E-state index in [1.54, 1.807) is 36.4 Å². The van der Waals surface area contributed by atoms with E-state index in [9.17, 15) is 13.2 Å². The second-order valence-corrected chi connectivity index (χ2v) is 9.21. The monoisotopic (exact) mass is 435 g/mol. The number of imidazole rings is 1. The van der Waals surface area contributed by atoms with Gasteiger partial charge in [-0.3, -0.25) is 4.79 Å². The standard InChI is InChI=1S/C23H21N3O4S/c1-16-7-6-12-26-14-18(24-22(16)26)15-30-21-11-4-3-10-20(21)23(27)25-17-8-5-9-19(13-17)31(2,28)29/h3-14H,15H2,1-2H3,(H,25,27). The molecule has 0 saturated carbocycles. The molecule has 4 aromatic rings. The van der Waals surface area contributed by atoms with E-state index in [1.807, 2.05) is 35.9 Å². The Kier molecular flexibility index (Phi) is 5.48. The van der Waals surface area contributed by atoms with Gasteiger partial charge in [-0.2, -0.15) is 0 Å². The van der Waals surface area contributed by atoms with Crippen LogP contribution in [0.4, 0.5) is 5.69 Å². The number of benzene rings is 2. The molecule has 1 amide bonds. The molecule has 0 aliphatic carbocycles. The van der Waals surface area contributed by atoms with Crippen LogP contribution in [0, 0.1) is 6.92 Å². The molecule has 2 aromatic carbocycles. The number of anilines is 1. The van der Waals surface area contributed by atoms with E-state index in [-0.39, 0.29) is 11.5 Å². The predicted octanol–water partition coefficient (Wildman–Crippen LogP) is 3.88. The molecule has 0 unspecified atom stereocenters. The first-order chi connectivity index (χ1) is 14.8. The second-order valence-electron chi connectivity index (χ2n) is 7.19. The first kappa shape index (κ1) is 20.6. The molecular weight excluding hydrogens is 414 g/mol. The highest BCUT2D eigenvalue weighted by Crippen LogP contribution is 2.22. The van der Waals surface area contributed by atoms with Gasteiger partial charge in [0, 0.05) is 24.3 Å². The summed E-state index contributed by atoms with van der Waals surface area (Å²) in [7, 11) is -3.37. The van der Waals surface area contributed by atoms with Gasteiger partial charge >= 0.3 is 0 Å². The van der Waals surface area contributed by atoms with E-state index in [2.05, 4.69) is 10.3 Å². The van der Waals surface area contributed by atoms with E-state index in [0.717, 1.165) is 23.2 Å². The fourth-order valence-corrected chi connectivity index (χ4v) is 3.88. The Balaban J connectivity index is 1.52. The number of rotatable bonds is 6. The van der Waals surface area contributed by atoms with Crippen LogP contribution in [0.25, 0.3) is 5.65 Å². The molecule has 2 heterocycles. The Labute approximate surface area is 180 Å². The summed E-state index contributed by atoms with van der Waals surface area (Å²) < 4.78 is 31.3. The third-order valence-corrected chi connectivity index (χ3v) is 5.87. The SMILES string of the molecule is Cc1cccn2cc(COc3ccccc3C(=O)Nc3cccc(S(C)(=O)=O)c3)nc12. The lowest BCUT2D eigenvalue weighted by Crippen LogP contribution is -2.14. The number of nitrogens with one attached hydrogen (secondary N) is 1. The Hall–Kier alpha value is -3.65.